The standard InChI is InChI=1S/C18H18N2O2/c1-20(2)12-14-11-19-15-9-6-10-16(17(14)15)22-18(21)13-7-4-3-5-8-13/h3-11,19H,12H2,1-2H3. The van der Waals surface area contributed by atoms with Crippen LogP contribution in [0.1, 0.15) is 15.9 Å². The SMILES string of the molecule is CN(C)Cc1c[nH]c2cccc(OC(=O)c3ccccc3)c12. The first kappa shape index (κ1) is 14.4. The molecule has 0 saturated heterocycles. The summed E-state index contributed by atoms with van der Waals surface area (Å²) in [7, 11) is 4.02. The smallest absolute Gasteiger partial charge is 0.343 e. The second-order valence-electron chi connectivity index (χ2n) is 5.49. The van der Waals surface area contributed by atoms with Gasteiger partial charge in [0.15, 0.2) is 0 Å². The Hall–Kier alpha value is -2.59. The van der Waals surface area contributed by atoms with E-state index in [2.05, 4.69) is 9.88 Å². The molecular weight excluding hydrogens is 276 g/mol. The molecular formula is C18H18N2O2. The molecule has 0 bridgehead atoms. The van der Waals surface area contributed by atoms with Crippen LogP contribution in [0.4, 0.5) is 0 Å². The number of H-pyrrole nitrogens is 1. The Morgan fingerprint density at radius 3 is 2.59 bits per heavy atom. The predicted molar refractivity (Wildman–Crippen MR) is 87.1 cm³/mol. The van der Waals surface area contributed by atoms with Crippen molar-refractivity contribution >= 4 is 16.9 Å². The summed E-state index contributed by atoms with van der Waals surface area (Å²) in [5.41, 5.74) is 2.62. The second kappa shape index (κ2) is 6.03. The molecule has 1 aromatic heterocycles. The molecule has 1 N–H and O–H groups in total. The van der Waals surface area contributed by atoms with E-state index >= 15 is 0 Å². The van der Waals surface area contributed by atoms with Crippen LogP contribution in [0.15, 0.2) is 54.7 Å². The van der Waals surface area contributed by atoms with E-state index < -0.39 is 0 Å². The number of hydrogen-bond acceptors (Lipinski definition) is 3. The summed E-state index contributed by atoms with van der Waals surface area (Å²) in [4.78, 5) is 17.6. The third kappa shape index (κ3) is 2.87. The quantitative estimate of drug-likeness (QED) is 0.592. The van der Waals surface area contributed by atoms with E-state index in [4.69, 9.17) is 4.74 Å². The molecule has 0 fully saturated rings. The van der Waals surface area contributed by atoms with Crippen molar-refractivity contribution in [1.82, 2.24) is 9.88 Å². The molecule has 2 aromatic carbocycles. The van der Waals surface area contributed by atoms with Crippen molar-refractivity contribution in [2.24, 2.45) is 0 Å². The number of hydrogen-bond donors (Lipinski definition) is 1. The number of carbonyl (C=O) groups is 1. The molecule has 1 heterocycles. The first-order chi connectivity index (χ1) is 10.6. The van der Waals surface area contributed by atoms with Crippen LogP contribution in [0.25, 0.3) is 10.9 Å². The maximum atomic E-state index is 12.3. The van der Waals surface area contributed by atoms with Gasteiger partial charge >= 0.3 is 5.97 Å². The minimum absolute atomic E-state index is 0.342. The maximum absolute atomic E-state index is 12.3. The summed E-state index contributed by atoms with van der Waals surface area (Å²) < 4.78 is 5.62. The lowest BCUT2D eigenvalue weighted by Crippen LogP contribution is -2.11. The van der Waals surface area contributed by atoms with E-state index in [9.17, 15) is 4.79 Å². The van der Waals surface area contributed by atoms with Crippen molar-refractivity contribution in [2.45, 2.75) is 6.54 Å². The monoisotopic (exact) mass is 294 g/mol. The lowest BCUT2D eigenvalue weighted by Gasteiger charge is -2.11. The van der Waals surface area contributed by atoms with Crippen LogP contribution >= 0.6 is 0 Å². The molecule has 112 valence electrons. The number of nitrogens with one attached hydrogen (secondary N) is 1. The lowest BCUT2D eigenvalue weighted by atomic mass is 10.1. The fourth-order valence-corrected chi connectivity index (χ4v) is 2.50. The number of rotatable bonds is 4. The van der Waals surface area contributed by atoms with Gasteiger partial charge in [-0.2, -0.15) is 0 Å². The number of aromatic nitrogens is 1. The van der Waals surface area contributed by atoms with Crippen LogP contribution in [0, 0.1) is 0 Å². The van der Waals surface area contributed by atoms with Crippen molar-refractivity contribution in [1.29, 1.82) is 0 Å². The minimum atomic E-state index is -0.342. The van der Waals surface area contributed by atoms with Gasteiger partial charge < -0.3 is 14.6 Å². The fourth-order valence-electron chi connectivity index (χ4n) is 2.50. The first-order valence-electron chi connectivity index (χ1n) is 7.16. The van der Waals surface area contributed by atoms with Gasteiger partial charge in [-0.1, -0.05) is 24.3 Å². The Labute approximate surface area is 129 Å². The van der Waals surface area contributed by atoms with Crippen molar-refractivity contribution in [3.63, 3.8) is 0 Å². The third-order valence-electron chi connectivity index (χ3n) is 3.45. The van der Waals surface area contributed by atoms with E-state index in [-0.39, 0.29) is 5.97 Å². The van der Waals surface area contributed by atoms with Crippen molar-refractivity contribution in [2.75, 3.05) is 14.1 Å². The van der Waals surface area contributed by atoms with Gasteiger partial charge in [0.25, 0.3) is 0 Å². The van der Waals surface area contributed by atoms with Gasteiger partial charge in [-0.15, -0.1) is 0 Å². The molecule has 0 atom stereocenters. The Kier molecular flexibility index (Phi) is 3.94. The average Bonchev–Trinajstić information content (AvgIpc) is 2.91. The molecule has 0 radical (unpaired) electrons. The Morgan fingerprint density at radius 1 is 1.09 bits per heavy atom. The molecule has 0 amide bonds. The van der Waals surface area contributed by atoms with Gasteiger partial charge in [-0.05, 0) is 43.9 Å². The highest BCUT2D eigenvalue weighted by Crippen LogP contribution is 2.30. The van der Waals surface area contributed by atoms with Crippen LogP contribution in [0.3, 0.4) is 0 Å². The molecule has 0 unspecified atom stereocenters. The molecule has 0 saturated carbocycles. The lowest BCUT2D eigenvalue weighted by molar-refractivity contribution is 0.0737. The summed E-state index contributed by atoms with van der Waals surface area (Å²) in [6, 6.07) is 14.7. The Balaban J connectivity index is 1.96. The van der Waals surface area contributed by atoms with Crippen LogP contribution in [0.5, 0.6) is 5.75 Å². The highest BCUT2D eigenvalue weighted by atomic mass is 16.5. The number of nitrogens with zero attached hydrogens (tertiary/aromatic N) is 1. The van der Waals surface area contributed by atoms with E-state index in [1.54, 1.807) is 12.1 Å². The number of benzene rings is 2. The fraction of sp³-hybridized carbons (Fsp3) is 0.167. The number of fused-ring (bicyclic) bond motifs is 1. The zero-order chi connectivity index (χ0) is 15.5. The van der Waals surface area contributed by atoms with Crippen LogP contribution in [0.2, 0.25) is 0 Å². The van der Waals surface area contributed by atoms with Crippen molar-refractivity contribution in [3.05, 3.63) is 65.9 Å². The topological polar surface area (TPSA) is 45.3 Å². The van der Waals surface area contributed by atoms with Gasteiger partial charge in [-0.3, -0.25) is 0 Å². The normalized spacial score (nSPS) is 11.0. The predicted octanol–water partition coefficient (Wildman–Crippen LogP) is 3.45. The average molecular weight is 294 g/mol. The molecule has 0 aliphatic heterocycles. The number of ether oxygens (including phenoxy) is 1. The summed E-state index contributed by atoms with van der Waals surface area (Å²) in [5, 5.41) is 0.959. The third-order valence-corrected chi connectivity index (χ3v) is 3.45. The van der Waals surface area contributed by atoms with Crippen molar-refractivity contribution < 1.29 is 9.53 Å². The minimum Gasteiger partial charge on any atom is -0.422 e. The molecule has 22 heavy (non-hydrogen) atoms. The van der Waals surface area contributed by atoms with Gasteiger partial charge in [0.05, 0.1) is 5.56 Å². The molecule has 3 aromatic rings. The molecule has 0 spiro atoms. The molecule has 0 aliphatic rings. The second-order valence-corrected chi connectivity index (χ2v) is 5.49. The highest BCUT2D eigenvalue weighted by molar-refractivity contribution is 5.96. The molecule has 4 nitrogen and oxygen atoms in total. The van der Waals surface area contributed by atoms with E-state index in [1.807, 2.05) is 56.7 Å². The van der Waals surface area contributed by atoms with Gasteiger partial charge in [0, 0.05) is 23.6 Å². The van der Waals surface area contributed by atoms with Crippen molar-refractivity contribution in [3.8, 4) is 5.75 Å². The molecule has 0 aliphatic carbocycles. The van der Waals surface area contributed by atoms with Crippen LogP contribution in [-0.2, 0) is 6.54 Å². The first-order valence-corrected chi connectivity index (χ1v) is 7.16. The maximum Gasteiger partial charge on any atom is 0.343 e. The van der Waals surface area contributed by atoms with E-state index in [0.717, 1.165) is 23.0 Å². The molecule has 4 heteroatoms. The van der Waals surface area contributed by atoms with E-state index in [0.29, 0.717) is 11.3 Å². The highest BCUT2D eigenvalue weighted by Gasteiger charge is 2.14. The number of carbonyl (C=O) groups excluding carboxylic acids is 1. The number of esters is 1. The zero-order valence-corrected chi connectivity index (χ0v) is 12.7. The summed E-state index contributed by atoms with van der Waals surface area (Å²) in [5.74, 6) is 0.245. The van der Waals surface area contributed by atoms with Crippen LogP contribution < -0.4 is 4.74 Å². The Morgan fingerprint density at radius 2 is 1.86 bits per heavy atom. The zero-order valence-electron chi connectivity index (χ0n) is 12.7. The van der Waals surface area contributed by atoms with Gasteiger partial charge in [0.1, 0.15) is 5.75 Å². The van der Waals surface area contributed by atoms with Gasteiger partial charge in [0.2, 0.25) is 0 Å². The summed E-state index contributed by atoms with van der Waals surface area (Å²) in [6.45, 7) is 0.778. The van der Waals surface area contributed by atoms with Crippen LogP contribution in [-0.4, -0.2) is 29.9 Å². The molecule has 3 rings (SSSR count). The summed E-state index contributed by atoms with van der Waals surface area (Å²) in [6.07, 6.45) is 1.96. The largest absolute Gasteiger partial charge is 0.422 e. The number of aromatic amines is 1. The van der Waals surface area contributed by atoms with E-state index in [1.165, 1.54) is 0 Å². The van der Waals surface area contributed by atoms with Gasteiger partial charge in [-0.25, -0.2) is 4.79 Å². The summed E-state index contributed by atoms with van der Waals surface area (Å²) >= 11 is 0. The Bertz CT molecular complexity index is 791.